The SMILES string of the molecule is CCCNC(CC)Cn1ccc(C)n1. The Balaban J connectivity index is 2.40. The van der Waals surface area contributed by atoms with E-state index in [2.05, 4.69) is 24.3 Å². The molecule has 1 aromatic rings. The maximum atomic E-state index is 4.38. The topological polar surface area (TPSA) is 29.9 Å². The number of nitrogens with one attached hydrogen (secondary N) is 1. The summed E-state index contributed by atoms with van der Waals surface area (Å²) >= 11 is 0. The van der Waals surface area contributed by atoms with Gasteiger partial charge < -0.3 is 5.32 Å². The quantitative estimate of drug-likeness (QED) is 0.752. The van der Waals surface area contributed by atoms with Gasteiger partial charge in [0.15, 0.2) is 0 Å². The van der Waals surface area contributed by atoms with Gasteiger partial charge in [-0.1, -0.05) is 13.8 Å². The molecule has 0 fully saturated rings. The van der Waals surface area contributed by atoms with Gasteiger partial charge in [-0.2, -0.15) is 5.10 Å². The van der Waals surface area contributed by atoms with Crippen LogP contribution in [0.2, 0.25) is 0 Å². The third kappa shape index (κ3) is 3.50. The van der Waals surface area contributed by atoms with Crippen LogP contribution in [0.4, 0.5) is 0 Å². The van der Waals surface area contributed by atoms with Crippen molar-refractivity contribution >= 4 is 0 Å². The minimum absolute atomic E-state index is 0.550. The number of nitrogens with zero attached hydrogens (tertiary/aromatic N) is 2. The van der Waals surface area contributed by atoms with Crippen LogP contribution in [-0.4, -0.2) is 22.4 Å². The van der Waals surface area contributed by atoms with Crippen molar-refractivity contribution in [1.29, 1.82) is 0 Å². The Morgan fingerprint density at radius 2 is 2.29 bits per heavy atom. The molecule has 3 nitrogen and oxygen atoms in total. The van der Waals surface area contributed by atoms with Gasteiger partial charge in [0, 0.05) is 12.2 Å². The van der Waals surface area contributed by atoms with E-state index in [9.17, 15) is 0 Å². The van der Waals surface area contributed by atoms with Crippen LogP contribution in [0.25, 0.3) is 0 Å². The fourth-order valence-corrected chi connectivity index (χ4v) is 1.48. The summed E-state index contributed by atoms with van der Waals surface area (Å²) in [4.78, 5) is 0. The lowest BCUT2D eigenvalue weighted by Crippen LogP contribution is -2.33. The van der Waals surface area contributed by atoms with Gasteiger partial charge in [0.05, 0.1) is 12.2 Å². The fourth-order valence-electron chi connectivity index (χ4n) is 1.48. The molecule has 1 heterocycles. The second kappa shape index (κ2) is 5.81. The normalized spacial score (nSPS) is 13.1. The van der Waals surface area contributed by atoms with Crippen molar-refractivity contribution < 1.29 is 0 Å². The summed E-state index contributed by atoms with van der Waals surface area (Å²) in [6.45, 7) is 8.50. The van der Waals surface area contributed by atoms with Crippen molar-refractivity contribution in [3.63, 3.8) is 0 Å². The molecule has 0 spiro atoms. The molecule has 1 atom stereocenters. The predicted molar refractivity (Wildman–Crippen MR) is 59.3 cm³/mol. The Kier molecular flexibility index (Phi) is 4.66. The minimum Gasteiger partial charge on any atom is -0.312 e. The largest absolute Gasteiger partial charge is 0.312 e. The summed E-state index contributed by atoms with van der Waals surface area (Å²) in [5.74, 6) is 0. The molecule has 0 saturated heterocycles. The Hall–Kier alpha value is -0.830. The lowest BCUT2D eigenvalue weighted by atomic mass is 10.2. The Morgan fingerprint density at radius 1 is 1.50 bits per heavy atom. The zero-order valence-electron chi connectivity index (χ0n) is 9.45. The van der Waals surface area contributed by atoms with E-state index < -0.39 is 0 Å². The first-order valence-corrected chi connectivity index (χ1v) is 5.49. The van der Waals surface area contributed by atoms with E-state index in [1.54, 1.807) is 0 Å². The first-order valence-electron chi connectivity index (χ1n) is 5.49. The highest BCUT2D eigenvalue weighted by Gasteiger charge is 2.05. The summed E-state index contributed by atoms with van der Waals surface area (Å²) in [5.41, 5.74) is 1.09. The number of hydrogen-bond acceptors (Lipinski definition) is 2. The average molecular weight is 195 g/mol. The van der Waals surface area contributed by atoms with E-state index in [0.717, 1.165) is 25.2 Å². The second-order valence-electron chi connectivity index (χ2n) is 3.74. The highest BCUT2D eigenvalue weighted by atomic mass is 15.3. The zero-order chi connectivity index (χ0) is 10.4. The molecule has 1 rings (SSSR count). The summed E-state index contributed by atoms with van der Waals surface area (Å²) in [6.07, 6.45) is 4.39. The number of rotatable bonds is 6. The second-order valence-corrected chi connectivity index (χ2v) is 3.74. The van der Waals surface area contributed by atoms with Crippen molar-refractivity contribution in [3.05, 3.63) is 18.0 Å². The molecule has 1 unspecified atom stereocenters. The van der Waals surface area contributed by atoms with E-state index in [1.165, 1.54) is 6.42 Å². The number of hydrogen-bond donors (Lipinski definition) is 1. The van der Waals surface area contributed by atoms with Gasteiger partial charge in [-0.05, 0) is 32.4 Å². The first-order chi connectivity index (χ1) is 6.76. The fraction of sp³-hybridized carbons (Fsp3) is 0.727. The molecule has 0 aromatic carbocycles. The van der Waals surface area contributed by atoms with Crippen LogP contribution in [0.5, 0.6) is 0 Å². The van der Waals surface area contributed by atoms with E-state index in [4.69, 9.17) is 0 Å². The molecule has 0 radical (unpaired) electrons. The van der Waals surface area contributed by atoms with E-state index in [-0.39, 0.29) is 0 Å². The smallest absolute Gasteiger partial charge is 0.0593 e. The summed E-state index contributed by atoms with van der Waals surface area (Å²) in [6, 6.07) is 2.60. The third-order valence-electron chi connectivity index (χ3n) is 2.36. The van der Waals surface area contributed by atoms with Gasteiger partial charge in [0.1, 0.15) is 0 Å². The zero-order valence-corrected chi connectivity index (χ0v) is 9.45. The maximum absolute atomic E-state index is 4.38. The number of aromatic nitrogens is 2. The average Bonchev–Trinajstić information content (AvgIpc) is 2.58. The van der Waals surface area contributed by atoms with Crippen LogP contribution in [0.15, 0.2) is 12.3 Å². The van der Waals surface area contributed by atoms with E-state index in [1.807, 2.05) is 23.9 Å². The van der Waals surface area contributed by atoms with Gasteiger partial charge in [0.25, 0.3) is 0 Å². The molecule has 0 aliphatic carbocycles. The Morgan fingerprint density at radius 3 is 2.79 bits per heavy atom. The van der Waals surface area contributed by atoms with Crippen LogP contribution in [0.1, 0.15) is 32.4 Å². The summed E-state index contributed by atoms with van der Waals surface area (Å²) in [5, 5.41) is 7.90. The third-order valence-corrected chi connectivity index (χ3v) is 2.36. The highest BCUT2D eigenvalue weighted by Crippen LogP contribution is 1.98. The van der Waals surface area contributed by atoms with Crippen molar-refractivity contribution in [2.24, 2.45) is 0 Å². The predicted octanol–water partition coefficient (Wildman–Crippen LogP) is 1.97. The highest BCUT2D eigenvalue weighted by molar-refractivity contribution is 4.95. The molecule has 0 saturated carbocycles. The molecule has 80 valence electrons. The van der Waals surface area contributed by atoms with Crippen LogP contribution in [0.3, 0.4) is 0 Å². The molecule has 1 N–H and O–H groups in total. The van der Waals surface area contributed by atoms with Crippen LogP contribution in [-0.2, 0) is 6.54 Å². The van der Waals surface area contributed by atoms with Crippen molar-refractivity contribution in [3.8, 4) is 0 Å². The molecule has 1 aromatic heterocycles. The van der Waals surface area contributed by atoms with Crippen molar-refractivity contribution in [1.82, 2.24) is 15.1 Å². The summed E-state index contributed by atoms with van der Waals surface area (Å²) in [7, 11) is 0. The molecule has 0 aliphatic rings. The monoisotopic (exact) mass is 195 g/mol. The summed E-state index contributed by atoms with van der Waals surface area (Å²) < 4.78 is 2.02. The standard InChI is InChI=1S/C11H21N3/c1-4-7-12-11(5-2)9-14-8-6-10(3)13-14/h6,8,11-12H,4-5,7,9H2,1-3H3. The Labute approximate surface area is 86.5 Å². The van der Waals surface area contributed by atoms with Crippen LogP contribution < -0.4 is 5.32 Å². The Bertz CT molecular complexity index is 255. The van der Waals surface area contributed by atoms with Gasteiger partial charge in [0.2, 0.25) is 0 Å². The van der Waals surface area contributed by atoms with Crippen LogP contribution in [0, 0.1) is 6.92 Å². The molecule has 0 bridgehead atoms. The van der Waals surface area contributed by atoms with Crippen molar-refractivity contribution in [2.45, 2.75) is 46.2 Å². The lowest BCUT2D eigenvalue weighted by Gasteiger charge is -2.16. The van der Waals surface area contributed by atoms with Crippen LogP contribution >= 0.6 is 0 Å². The maximum Gasteiger partial charge on any atom is 0.0593 e. The van der Waals surface area contributed by atoms with Gasteiger partial charge in [-0.3, -0.25) is 4.68 Å². The van der Waals surface area contributed by atoms with Gasteiger partial charge in [-0.25, -0.2) is 0 Å². The molecule has 0 aliphatic heterocycles. The minimum atomic E-state index is 0.550. The molecule has 14 heavy (non-hydrogen) atoms. The van der Waals surface area contributed by atoms with Gasteiger partial charge in [-0.15, -0.1) is 0 Å². The molecular weight excluding hydrogens is 174 g/mol. The lowest BCUT2D eigenvalue weighted by molar-refractivity contribution is 0.415. The molecular formula is C11H21N3. The van der Waals surface area contributed by atoms with Crippen molar-refractivity contribution in [2.75, 3.05) is 6.54 Å². The van der Waals surface area contributed by atoms with Gasteiger partial charge >= 0.3 is 0 Å². The first kappa shape index (κ1) is 11.2. The number of aryl methyl sites for hydroxylation is 1. The molecule has 3 heteroatoms. The molecule has 0 amide bonds. The van der Waals surface area contributed by atoms with E-state index >= 15 is 0 Å². The van der Waals surface area contributed by atoms with E-state index in [0.29, 0.717) is 6.04 Å².